The van der Waals surface area contributed by atoms with E-state index in [1.165, 1.54) is 11.1 Å². The summed E-state index contributed by atoms with van der Waals surface area (Å²) >= 11 is 0. The number of ether oxygens (including phenoxy) is 1. The number of hydrogen-bond donors (Lipinski definition) is 0. The number of hydrogen-bond acceptors (Lipinski definition) is 3. The molecule has 0 N–H and O–H groups in total. The summed E-state index contributed by atoms with van der Waals surface area (Å²) in [6.07, 6.45) is 2.71. The van der Waals surface area contributed by atoms with E-state index in [-0.39, 0.29) is 0 Å². The van der Waals surface area contributed by atoms with E-state index in [0.29, 0.717) is 5.75 Å². The Balaban J connectivity index is 2.58. The number of carbonyl (C=O) groups excluding carboxylic acids is 1. The summed E-state index contributed by atoms with van der Waals surface area (Å²) in [5.74, 6) is 0.455. The first-order valence-electron chi connectivity index (χ1n) is 3.47. The molecule has 0 aliphatic heterocycles. The molecule has 0 spiro atoms. The van der Waals surface area contributed by atoms with Gasteiger partial charge in [0.05, 0.1) is 12.4 Å². The van der Waals surface area contributed by atoms with Crippen molar-refractivity contribution in [2.24, 2.45) is 7.05 Å². The highest BCUT2D eigenvalue weighted by atomic mass is 16.6. The third kappa shape index (κ3) is 1.98. The molecule has 5 nitrogen and oxygen atoms in total. The van der Waals surface area contributed by atoms with Crippen molar-refractivity contribution in [2.45, 2.75) is 0 Å². The SMILES string of the molecule is CN(C)C(=O)Oc1cnn(C)c1. The van der Waals surface area contributed by atoms with Crippen LogP contribution in [-0.4, -0.2) is 34.9 Å². The quantitative estimate of drug-likeness (QED) is 0.614. The first-order valence-corrected chi connectivity index (χ1v) is 3.47. The molecule has 1 amide bonds. The third-order valence-corrected chi connectivity index (χ3v) is 1.25. The van der Waals surface area contributed by atoms with Crippen LogP contribution in [0.15, 0.2) is 12.4 Å². The largest absolute Gasteiger partial charge is 0.414 e. The minimum atomic E-state index is -0.400. The zero-order chi connectivity index (χ0) is 9.14. The summed E-state index contributed by atoms with van der Waals surface area (Å²) in [4.78, 5) is 12.3. The Morgan fingerprint density at radius 2 is 2.33 bits per heavy atom. The fraction of sp³-hybridized carbons (Fsp3) is 0.429. The molecule has 0 aromatic carbocycles. The van der Waals surface area contributed by atoms with E-state index in [9.17, 15) is 4.79 Å². The fourth-order valence-electron chi connectivity index (χ4n) is 0.644. The van der Waals surface area contributed by atoms with Crippen LogP contribution in [0.1, 0.15) is 0 Å². The van der Waals surface area contributed by atoms with Crippen LogP contribution in [0.25, 0.3) is 0 Å². The highest BCUT2D eigenvalue weighted by Gasteiger charge is 2.06. The van der Waals surface area contributed by atoms with Crippen LogP contribution in [0.2, 0.25) is 0 Å². The van der Waals surface area contributed by atoms with Gasteiger partial charge in [0, 0.05) is 21.1 Å². The second-order valence-electron chi connectivity index (χ2n) is 2.61. The topological polar surface area (TPSA) is 47.4 Å². The standard InChI is InChI=1S/C7H11N3O2/c1-9(2)7(11)12-6-4-8-10(3)5-6/h4-5H,1-3H3. The van der Waals surface area contributed by atoms with Crippen molar-refractivity contribution >= 4 is 6.09 Å². The Kier molecular flexibility index (Phi) is 2.32. The molecule has 1 aromatic heterocycles. The van der Waals surface area contributed by atoms with E-state index >= 15 is 0 Å². The Morgan fingerprint density at radius 1 is 1.67 bits per heavy atom. The van der Waals surface area contributed by atoms with E-state index in [0.717, 1.165) is 0 Å². The molecule has 0 atom stereocenters. The van der Waals surface area contributed by atoms with E-state index < -0.39 is 6.09 Å². The molecule has 0 bridgehead atoms. The molecule has 1 rings (SSSR count). The van der Waals surface area contributed by atoms with Gasteiger partial charge < -0.3 is 9.64 Å². The zero-order valence-electron chi connectivity index (χ0n) is 7.31. The lowest BCUT2D eigenvalue weighted by Crippen LogP contribution is -2.25. The molecule has 0 radical (unpaired) electrons. The summed E-state index contributed by atoms with van der Waals surface area (Å²) in [6.45, 7) is 0. The molecule has 5 heteroatoms. The van der Waals surface area contributed by atoms with Crippen molar-refractivity contribution in [1.29, 1.82) is 0 Å². The van der Waals surface area contributed by atoms with Gasteiger partial charge in [-0.1, -0.05) is 0 Å². The number of aromatic nitrogens is 2. The second kappa shape index (κ2) is 3.25. The first kappa shape index (κ1) is 8.58. The number of carbonyl (C=O) groups is 1. The molecule has 0 fully saturated rings. The molecular formula is C7H11N3O2. The van der Waals surface area contributed by atoms with E-state index in [1.54, 1.807) is 32.0 Å². The monoisotopic (exact) mass is 169 g/mol. The molecule has 12 heavy (non-hydrogen) atoms. The predicted molar refractivity (Wildman–Crippen MR) is 42.9 cm³/mol. The maximum atomic E-state index is 11.0. The fourth-order valence-corrected chi connectivity index (χ4v) is 0.644. The maximum absolute atomic E-state index is 11.0. The zero-order valence-corrected chi connectivity index (χ0v) is 7.31. The van der Waals surface area contributed by atoms with Crippen molar-refractivity contribution in [3.63, 3.8) is 0 Å². The van der Waals surface area contributed by atoms with Crippen molar-refractivity contribution in [3.8, 4) is 5.75 Å². The van der Waals surface area contributed by atoms with Crippen molar-refractivity contribution < 1.29 is 9.53 Å². The molecule has 1 heterocycles. The summed E-state index contributed by atoms with van der Waals surface area (Å²) in [5, 5.41) is 3.85. The predicted octanol–water partition coefficient (Wildman–Crippen LogP) is 0.480. The summed E-state index contributed by atoms with van der Waals surface area (Å²) in [7, 11) is 5.00. The number of rotatable bonds is 1. The second-order valence-corrected chi connectivity index (χ2v) is 2.61. The molecule has 0 unspecified atom stereocenters. The van der Waals surface area contributed by atoms with Gasteiger partial charge in [-0.2, -0.15) is 5.10 Å². The number of nitrogens with zero attached hydrogens (tertiary/aromatic N) is 3. The lowest BCUT2D eigenvalue weighted by Gasteiger charge is -2.08. The average molecular weight is 169 g/mol. The highest BCUT2D eigenvalue weighted by Crippen LogP contribution is 2.07. The third-order valence-electron chi connectivity index (χ3n) is 1.25. The van der Waals surface area contributed by atoms with Gasteiger partial charge in [-0.25, -0.2) is 4.79 Å². The van der Waals surface area contributed by atoms with Gasteiger partial charge in [-0.05, 0) is 0 Å². The van der Waals surface area contributed by atoms with E-state index in [1.807, 2.05) is 0 Å². The maximum Gasteiger partial charge on any atom is 0.414 e. The molecule has 66 valence electrons. The average Bonchev–Trinajstić information content (AvgIpc) is 2.35. The molecule has 1 aromatic rings. The molecule has 0 aliphatic rings. The lowest BCUT2D eigenvalue weighted by molar-refractivity contribution is 0.172. The Bertz CT molecular complexity index is 280. The van der Waals surface area contributed by atoms with Gasteiger partial charge in [-0.3, -0.25) is 4.68 Å². The van der Waals surface area contributed by atoms with Crippen LogP contribution >= 0.6 is 0 Å². The van der Waals surface area contributed by atoms with Crippen molar-refractivity contribution in [2.75, 3.05) is 14.1 Å². The highest BCUT2D eigenvalue weighted by molar-refractivity contribution is 5.69. The van der Waals surface area contributed by atoms with E-state index in [2.05, 4.69) is 5.10 Å². The first-order chi connectivity index (χ1) is 5.59. The summed E-state index contributed by atoms with van der Waals surface area (Å²) in [6, 6.07) is 0. The normalized spacial score (nSPS) is 9.58. The van der Waals surface area contributed by atoms with Crippen LogP contribution in [0.4, 0.5) is 4.79 Å². The van der Waals surface area contributed by atoms with Crippen LogP contribution in [0.3, 0.4) is 0 Å². The number of amides is 1. The number of aryl methyl sites for hydroxylation is 1. The van der Waals surface area contributed by atoms with Gasteiger partial charge in [0.2, 0.25) is 0 Å². The molecule has 0 saturated carbocycles. The Morgan fingerprint density at radius 3 is 2.75 bits per heavy atom. The van der Waals surface area contributed by atoms with Crippen molar-refractivity contribution in [1.82, 2.24) is 14.7 Å². The van der Waals surface area contributed by atoms with Gasteiger partial charge in [-0.15, -0.1) is 0 Å². The Hall–Kier alpha value is -1.52. The smallest absolute Gasteiger partial charge is 0.407 e. The van der Waals surface area contributed by atoms with Crippen molar-refractivity contribution in [3.05, 3.63) is 12.4 Å². The lowest BCUT2D eigenvalue weighted by atomic mass is 10.6. The molecule has 0 aliphatic carbocycles. The summed E-state index contributed by atoms with van der Waals surface area (Å²) < 4.78 is 6.47. The molecular weight excluding hydrogens is 158 g/mol. The van der Waals surface area contributed by atoms with Crippen LogP contribution in [-0.2, 0) is 7.05 Å². The van der Waals surface area contributed by atoms with Gasteiger partial charge in [0.25, 0.3) is 0 Å². The minimum Gasteiger partial charge on any atom is -0.407 e. The van der Waals surface area contributed by atoms with Gasteiger partial charge in [0.15, 0.2) is 5.75 Å². The van der Waals surface area contributed by atoms with E-state index in [4.69, 9.17) is 4.74 Å². The van der Waals surface area contributed by atoms with Crippen LogP contribution in [0.5, 0.6) is 5.75 Å². The van der Waals surface area contributed by atoms with Crippen LogP contribution in [0, 0.1) is 0 Å². The van der Waals surface area contributed by atoms with Gasteiger partial charge in [0.1, 0.15) is 0 Å². The Labute approximate surface area is 70.5 Å². The minimum absolute atomic E-state index is 0.400. The molecule has 0 saturated heterocycles. The summed E-state index contributed by atoms with van der Waals surface area (Å²) in [5.41, 5.74) is 0. The van der Waals surface area contributed by atoms with Crippen LogP contribution < -0.4 is 4.74 Å². The van der Waals surface area contributed by atoms with Gasteiger partial charge >= 0.3 is 6.09 Å².